The monoisotopic (exact) mass is 277 g/mol. The Morgan fingerprint density at radius 1 is 1.20 bits per heavy atom. The van der Waals surface area contributed by atoms with Crippen molar-refractivity contribution in [3.63, 3.8) is 0 Å². The molecule has 3 rings (SSSR count). The molecule has 1 aromatic carbocycles. The number of hydrogen-bond donors (Lipinski definition) is 1. The molecule has 2 aliphatic heterocycles. The number of fused-ring (bicyclic) bond motifs is 1. The van der Waals surface area contributed by atoms with Gasteiger partial charge in [-0.1, -0.05) is 12.5 Å². The van der Waals surface area contributed by atoms with Crippen molar-refractivity contribution in [3.05, 3.63) is 29.6 Å². The lowest BCUT2D eigenvalue weighted by Gasteiger charge is -2.45. The van der Waals surface area contributed by atoms with Crippen LogP contribution >= 0.6 is 0 Å². The molecule has 2 heterocycles. The highest BCUT2D eigenvalue weighted by Crippen LogP contribution is 2.28. The summed E-state index contributed by atoms with van der Waals surface area (Å²) in [5.41, 5.74) is 7.49. The summed E-state index contributed by atoms with van der Waals surface area (Å²) in [6.45, 7) is 4.86. The number of nitrogens with zero attached hydrogens (tertiary/aromatic N) is 2. The zero-order valence-electron chi connectivity index (χ0n) is 12.0. The third kappa shape index (κ3) is 2.67. The van der Waals surface area contributed by atoms with E-state index in [1.54, 1.807) is 6.07 Å². The number of piperazine rings is 1. The lowest BCUT2D eigenvalue weighted by atomic mass is 9.98. The van der Waals surface area contributed by atoms with Crippen molar-refractivity contribution in [2.45, 2.75) is 31.7 Å². The summed E-state index contributed by atoms with van der Waals surface area (Å²) in [6.07, 6.45) is 4.55. The van der Waals surface area contributed by atoms with Gasteiger partial charge < -0.3 is 10.6 Å². The van der Waals surface area contributed by atoms with E-state index in [-0.39, 0.29) is 5.82 Å². The molecule has 110 valence electrons. The fraction of sp³-hybridized carbons (Fsp3) is 0.625. The summed E-state index contributed by atoms with van der Waals surface area (Å²) in [5, 5.41) is 0. The SMILES string of the molecule is NCCc1c(F)cccc1N1CCN2CCCCC2C1. The van der Waals surface area contributed by atoms with E-state index in [2.05, 4.69) is 9.80 Å². The van der Waals surface area contributed by atoms with Crippen LogP contribution in [-0.2, 0) is 6.42 Å². The van der Waals surface area contributed by atoms with Crippen molar-refractivity contribution >= 4 is 5.69 Å². The van der Waals surface area contributed by atoms with Gasteiger partial charge in [0.15, 0.2) is 0 Å². The molecule has 0 saturated carbocycles. The second-order valence-electron chi connectivity index (χ2n) is 5.91. The van der Waals surface area contributed by atoms with Gasteiger partial charge in [0, 0.05) is 36.9 Å². The molecule has 0 spiro atoms. The van der Waals surface area contributed by atoms with Gasteiger partial charge in [0.05, 0.1) is 0 Å². The predicted octanol–water partition coefficient (Wildman–Crippen LogP) is 2.00. The summed E-state index contributed by atoms with van der Waals surface area (Å²) >= 11 is 0. The predicted molar refractivity (Wildman–Crippen MR) is 80.6 cm³/mol. The first-order valence-electron chi connectivity index (χ1n) is 7.76. The lowest BCUT2D eigenvalue weighted by Crippen LogP contribution is -2.55. The first-order valence-corrected chi connectivity index (χ1v) is 7.76. The Balaban J connectivity index is 1.81. The molecule has 0 radical (unpaired) electrons. The molecule has 0 bridgehead atoms. The van der Waals surface area contributed by atoms with Crippen molar-refractivity contribution in [3.8, 4) is 0 Å². The molecule has 0 aliphatic carbocycles. The molecular formula is C16H24FN3. The normalized spacial score (nSPS) is 23.7. The van der Waals surface area contributed by atoms with E-state index in [0.717, 1.165) is 30.9 Å². The molecule has 2 N–H and O–H groups in total. The van der Waals surface area contributed by atoms with Crippen LogP contribution in [-0.4, -0.2) is 43.7 Å². The minimum absolute atomic E-state index is 0.112. The van der Waals surface area contributed by atoms with Gasteiger partial charge in [0.25, 0.3) is 0 Å². The van der Waals surface area contributed by atoms with Crippen molar-refractivity contribution in [2.24, 2.45) is 5.73 Å². The van der Waals surface area contributed by atoms with E-state index in [9.17, 15) is 4.39 Å². The molecule has 3 nitrogen and oxygen atoms in total. The highest BCUT2D eigenvalue weighted by molar-refractivity contribution is 5.55. The largest absolute Gasteiger partial charge is 0.368 e. The Kier molecular flexibility index (Phi) is 4.22. The first kappa shape index (κ1) is 13.8. The Bertz CT molecular complexity index is 463. The Hall–Kier alpha value is -1.13. The highest BCUT2D eigenvalue weighted by Gasteiger charge is 2.29. The zero-order chi connectivity index (χ0) is 13.9. The summed E-state index contributed by atoms with van der Waals surface area (Å²) in [4.78, 5) is 4.96. The van der Waals surface area contributed by atoms with Gasteiger partial charge in [-0.25, -0.2) is 4.39 Å². The molecule has 4 heteroatoms. The maximum absolute atomic E-state index is 14.0. The maximum Gasteiger partial charge on any atom is 0.128 e. The van der Waals surface area contributed by atoms with E-state index >= 15 is 0 Å². The van der Waals surface area contributed by atoms with E-state index < -0.39 is 0 Å². The van der Waals surface area contributed by atoms with Gasteiger partial charge >= 0.3 is 0 Å². The zero-order valence-corrected chi connectivity index (χ0v) is 12.0. The summed E-state index contributed by atoms with van der Waals surface area (Å²) in [5.74, 6) is -0.112. The second-order valence-corrected chi connectivity index (χ2v) is 5.91. The molecule has 1 atom stereocenters. The lowest BCUT2D eigenvalue weighted by molar-refractivity contribution is 0.133. The molecule has 0 aromatic heterocycles. The number of halogens is 1. The minimum Gasteiger partial charge on any atom is -0.368 e. The van der Waals surface area contributed by atoms with Crippen LogP contribution in [0, 0.1) is 5.82 Å². The number of benzene rings is 1. The summed E-state index contributed by atoms with van der Waals surface area (Å²) in [6, 6.07) is 6.06. The average molecular weight is 277 g/mol. The van der Waals surface area contributed by atoms with Crippen LogP contribution in [0.15, 0.2) is 18.2 Å². The second kappa shape index (κ2) is 6.10. The fourth-order valence-corrected chi connectivity index (χ4v) is 3.61. The van der Waals surface area contributed by atoms with Gasteiger partial charge in [0.2, 0.25) is 0 Å². The molecule has 2 fully saturated rings. The molecular weight excluding hydrogens is 253 g/mol. The van der Waals surface area contributed by atoms with Crippen molar-refractivity contribution < 1.29 is 4.39 Å². The third-order valence-electron chi connectivity index (χ3n) is 4.67. The summed E-state index contributed by atoms with van der Waals surface area (Å²) in [7, 11) is 0. The van der Waals surface area contributed by atoms with E-state index in [4.69, 9.17) is 5.73 Å². The van der Waals surface area contributed by atoms with Crippen LogP contribution in [0.2, 0.25) is 0 Å². The third-order valence-corrected chi connectivity index (χ3v) is 4.67. The quantitative estimate of drug-likeness (QED) is 0.917. The molecule has 20 heavy (non-hydrogen) atoms. The van der Waals surface area contributed by atoms with E-state index in [1.165, 1.54) is 25.8 Å². The molecule has 1 aromatic rings. The van der Waals surface area contributed by atoms with Crippen molar-refractivity contribution in [1.29, 1.82) is 0 Å². The van der Waals surface area contributed by atoms with Crippen LogP contribution < -0.4 is 10.6 Å². The van der Waals surface area contributed by atoms with Gasteiger partial charge in [0.1, 0.15) is 5.82 Å². The minimum atomic E-state index is -0.112. The number of nitrogens with two attached hydrogens (primary N) is 1. The van der Waals surface area contributed by atoms with Crippen LogP contribution in [0.25, 0.3) is 0 Å². The molecule has 0 amide bonds. The highest BCUT2D eigenvalue weighted by atomic mass is 19.1. The van der Waals surface area contributed by atoms with E-state index in [1.807, 2.05) is 12.1 Å². The molecule has 2 aliphatic rings. The van der Waals surface area contributed by atoms with Gasteiger partial charge in [-0.15, -0.1) is 0 Å². The Labute approximate surface area is 120 Å². The summed E-state index contributed by atoms with van der Waals surface area (Å²) < 4.78 is 14.0. The maximum atomic E-state index is 14.0. The van der Waals surface area contributed by atoms with Crippen molar-refractivity contribution in [2.75, 3.05) is 37.6 Å². The Morgan fingerprint density at radius 3 is 2.95 bits per heavy atom. The van der Waals surface area contributed by atoms with Crippen molar-refractivity contribution in [1.82, 2.24) is 4.90 Å². The van der Waals surface area contributed by atoms with E-state index in [0.29, 0.717) is 19.0 Å². The molecule has 2 saturated heterocycles. The van der Waals surface area contributed by atoms with Crippen LogP contribution in [0.3, 0.4) is 0 Å². The standard InChI is InChI=1S/C16H24FN3/c17-15-5-3-6-16(14(15)7-8-18)20-11-10-19-9-2-1-4-13(19)12-20/h3,5-6,13H,1-2,4,7-12,18H2. The van der Waals surface area contributed by atoms with Crippen LogP contribution in [0.5, 0.6) is 0 Å². The number of anilines is 1. The van der Waals surface area contributed by atoms with Gasteiger partial charge in [-0.2, -0.15) is 0 Å². The number of hydrogen-bond acceptors (Lipinski definition) is 3. The van der Waals surface area contributed by atoms with Crippen LogP contribution in [0.4, 0.5) is 10.1 Å². The van der Waals surface area contributed by atoms with Crippen LogP contribution in [0.1, 0.15) is 24.8 Å². The Morgan fingerprint density at radius 2 is 2.10 bits per heavy atom. The fourth-order valence-electron chi connectivity index (χ4n) is 3.61. The topological polar surface area (TPSA) is 32.5 Å². The molecule has 1 unspecified atom stereocenters. The smallest absolute Gasteiger partial charge is 0.128 e. The average Bonchev–Trinajstić information content (AvgIpc) is 2.49. The van der Waals surface area contributed by atoms with Gasteiger partial charge in [-0.05, 0) is 44.5 Å². The van der Waals surface area contributed by atoms with Gasteiger partial charge in [-0.3, -0.25) is 4.90 Å². The number of piperidine rings is 1. The first-order chi connectivity index (χ1) is 9.79. The number of rotatable bonds is 3.